The van der Waals surface area contributed by atoms with Crippen LogP contribution in [0.5, 0.6) is 0 Å². The summed E-state index contributed by atoms with van der Waals surface area (Å²) in [4.78, 5) is 35.8. The van der Waals surface area contributed by atoms with Gasteiger partial charge in [0.1, 0.15) is 10.7 Å². The quantitative estimate of drug-likeness (QED) is 0.779. The van der Waals surface area contributed by atoms with E-state index in [-0.39, 0.29) is 17.9 Å². The summed E-state index contributed by atoms with van der Waals surface area (Å²) in [6.07, 6.45) is 0.514. The van der Waals surface area contributed by atoms with Crippen molar-refractivity contribution in [3.63, 3.8) is 0 Å². The molecule has 18 heavy (non-hydrogen) atoms. The highest BCUT2D eigenvalue weighted by Gasteiger charge is 2.31. The van der Waals surface area contributed by atoms with Crippen molar-refractivity contribution in [3.8, 4) is 0 Å². The highest BCUT2D eigenvalue weighted by Crippen LogP contribution is 2.25. The summed E-state index contributed by atoms with van der Waals surface area (Å²) in [5, 5.41) is 2.21. The van der Waals surface area contributed by atoms with Crippen molar-refractivity contribution in [2.24, 2.45) is 0 Å². The lowest BCUT2D eigenvalue weighted by molar-refractivity contribution is -0.137. The number of piperidine rings is 1. The fourth-order valence-corrected chi connectivity index (χ4v) is 2.93. The number of rotatable bonds is 1. The topological polar surface area (TPSA) is 81.3 Å². The van der Waals surface area contributed by atoms with Gasteiger partial charge in [-0.1, -0.05) is 0 Å². The van der Waals surface area contributed by atoms with E-state index in [0.29, 0.717) is 16.7 Å². The van der Waals surface area contributed by atoms with Gasteiger partial charge in [-0.2, -0.15) is 4.74 Å². The normalized spacial score (nSPS) is 20.4. The van der Waals surface area contributed by atoms with Gasteiger partial charge in [0.25, 0.3) is 5.91 Å². The molecule has 2 aromatic heterocycles. The van der Waals surface area contributed by atoms with Crippen LogP contribution in [0.1, 0.15) is 23.8 Å². The number of nitrogens with zero attached hydrogens (tertiary/aromatic N) is 1. The van der Waals surface area contributed by atoms with Crippen LogP contribution in [0.2, 0.25) is 0 Å². The Bertz CT molecular complexity index is 708. The second-order valence-electron chi connectivity index (χ2n) is 4.24. The molecule has 1 saturated heterocycles. The molecule has 1 unspecified atom stereocenters. The van der Waals surface area contributed by atoms with Gasteiger partial charge in [0.05, 0.1) is 0 Å². The lowest BCUT2D eigenvalue weighted by atomic mass is 10.1. The third-order valence-corrected chi connectivity index (χ3v) is 3.93. The Morgan fingerprint density at radius 1 is 1.44 bits per heavy atom. The first-order valence-corrected chi connectivity index (χ1v) is 6.33. The van der Waals surface area contributed by atoms with E-state index in [9.17, 15) is 14.4 Å². The van der Waals surface area contributed by atoms with Crippen molar-refractivity contribution in [2.75, 3.05) is 0 Å². The van der Waals surface area contributed by atoms with Crippen LogP contribution < -0.4 is 10.9 Å². The second-order valence-corrected chi connectivity index (χ2v) is 5.50. The third-order valence-electron chi connectivity index (χ3n) is 2.91. The zero-order chi connectivity index (χ0) is 12.9. The van der Waals surface area contributed by atoms with Crippen LogP contribution in [0.3, 0.4) is 0 Å². The number of aryl methyl sites for hydroxylation is 1. The molecule has 94 valence electrons. The maximum absolute atomic E-state index is 12.1. The fourth-order valence-electron chi connectivity index (χ4n) is 2.07. The first-order valence-electron chi connectivity index (χ1n) is 5.52. The Morgan fingerprint density at radius 3 is 2.89 bits per heavy atom. The number of aromatic nitrogens is 1. The maximum Gasteiger partial charge on any atom is 0.301 e. The van der Waals surface area contributed by atoms with Gasteiger partial charge in [0.2, 0.25) is 5.91 Å². The van der Waals surface area contributed by atoms with Crippen molar-refractivity contribution >= 4 is 33.4 Å². The van der Waals surface area contributed by atoms with Gasteiger partial charge in [-0.3, -0.25) is 19.7 Å². The molecule has 0 radical (unpaired) electrons. The van der Waals surface area contributed by atoms with Crippen LogP contribution in [-0.4, -0.2) is 16.6 Å². The monoisotopic (exact) mass is 266 g/mol. The van der Waals surface area contributed by atoms with Crippen LogP contribution in [0.15, 0.2) is 15.4 Å². The largest absolute Gasteiger partial charge is 0.374 e. The first-order chi connectivity index (χ1) is 8.56. The van der Waals surface area contributed by atoms with Crippen LogP contribution in [0.4, 0.5) is 0 Å². The smallest absolute Gasteiger partial charge is 0.301 e. The summed E-state index contributed by atoms with van der Waals surface area (Å²) in [6, 6.07) is 1.04. The van der Waals surface area contributed by atoms with Crippen molar-refractivity contribution in [3.05, 3.63) is 21.3 Å². The summed E-state index contributed by atoms with van der Waals surface area (Å²) in [7, 11) is 0. The molecule has 0 spiro atoms. The number of hydrogen-bond donors (Lipinski definition) is 1. The molecular formula is C11H10N2O4S. The molecule has 7 heteroatoms. The second kappa shape index (κ2) is 3.81. The summed E-state index contributed by atoms with van der Waals surface area (Å²) in [5.41, 5.74) is 0.185. The Labute approximate surface area is 105 Å². The summed E-state index contributed by atoms with van der Waals surface area (Å²) in [5.74, 6) is -0.792. The number of thiophene rings is 1. The van der Waals surface area contributed by atoms with Crippen LogP contribution >= 0.6 is 11.3 Å². The highest BCUT2D eigenvalue weighted by molar-refractivity contribution is 7.18. The highest BCUT2D eigenvalue weighted by atomic mass is 32.1. The Kier molecular flexibility index (Phi) is 2.37. The Hall–Kier alpha value is -1.89. The Balaban J connectivity index is 2.06. The molecule has 1 fully saturated rings. The minimum atomic E-state index is -0.727. The number of nitrogens with one attached hydrogen (secondary N) is 1. The first kappa shape index (κ1) is 11.2. The van der Waals surface area contributed by atoms with Gasteiger partial charge in [-0.15, -0.1) is 11.3 Å². The third kappa shape index (κ3) is 1.59. The number of fused-ring (bicyclic) bond motifs is 1. The summed E-state index contributed by atoms with van der Waals surface area (Å²) in [6.45, 7) is 1.88. The minimum Gasteiger partial charge on any atom is -0.374 e. The van der Waals surface area contributed by atoms with Crippen molar-refractivity contribution in [1.82, 2.24) is 10.1 Å². The predicted octanol–water partition coefficient (Wildman–Crippen LogP) is 0.942. The lowest BCUT2D eigenvalue weighted by Crippen LogP contribution is -2.43. The Morgan fingerprint density at radius 2 is 2.22 bits per heavy atom. The van der Waals surface area contributed by atoms with Gasteiger partial charge < -0.3 is 4.52 Å². The van der Waals surface area contributed by atoms with Crippen molar-refractivity contribution < 1.29 is 14.1 Å². The van der Waals surface area contributed by atoms with Gasteiger partial charge in [-0.05, 0) is 19.4 Å². The standard InChI is InChI=1S/C11H10N2O4S/c1-5-4-7-9(18-5)11(16)13(17-7)6-2-3-8(14)12-10(6)15/h4,6H,2-3H2,1H3,(H,12,14,15). The average molecular weight is 266 g/mol. The van der Waals surface area contributed by atoms with E-state index in [4.69, 9.17) is 4.52 Å². The SMILES string of the molecule is Cc1cc2on(C3CCC(=O)NC3=O)c(=O)c2s1. The molecule has 3 rings (SSSR count). The van der Waals surface area contributed by atoms with Crippen molar-refractivity contribution in [1.29, 1.82) is 0 Å². The minimum absolute atomic E-state index is 0.218. The average Bonchev–Trinajstić information content (AvgIpc) is 2.78. The van der Waals surface area contributed by atoms with E-state index in [2.05, 4.69) is 5.32 Å². The molecule has 0 aromatic carbocycles. The lowest BCUT2D eigenvalue weighted by Gasteiger charge is -2.19. The van der Waals surface area contributed by atoms with E-state index in [0.717, 1.165) is 9.62 Å². The molecule has 2 aromatic rings. The van der Waals surface area contributed by atoms with Crippen LogP contribution in [-0.2, 0) is 9.59 Å². The molecule has 1 N–H and O–H groups in total. The molecule has 0 saturated carbocycles. The molecule has 0 aliphatic carbocycles. The molecule has 1 atom stereocenters. The fraction of sp³-hybridized carbons (Fsp3) is 0.364. The molecule has 1 aliphatic rings. The number of carbonyl (C=O) groups is 2. The number of imide groups is 1. The van der Waals surface area contributed by atoms with E-state index in [1.54, 1.807) is 6.07 Å². The van der Waals surface area contributed by atoms with Gasteiger partial charge in [0.15, 0.2) is 5.58 Å². The van der Waals surface area contributed by atoms with E-state index in [1.165, 1.54) is 11.3 Å². The predicted molar refractivity (Wildman–Crippen MR) is 64.5 cm³/mol. The zero-order valence-electron chi connectivity index (χ0n) is 9.56. The molecule has 2 amide bonds. The number of amides is 2. The summed E-state index contributed by atoms with van der Waals surface area (Å²) < 4.78 is 6.99. The molecule has 6 nitrogen and oxygen atoms in total. The number of carbonyl (C=O) groups excluding carboxylic acids is 2. The molecule has 3 heterocycles. The molecule has 0 bridgehead atoms. The van der Waals surface area contributed by atoms with Crippen LogP contribution in [0.25, 0.3) is 10.3 Å². The van der Waals surface area contributed by atoms with Crippen molar-refractivity contribution in [2.45, 2.75) is 25.8 Å². The van der Waals surface area contributed by atoms with E-state index >= 15 is 0 Å². The van der Waals surface area contributed by atoms with Gasteiger partial charge >= 0.3 is 5.56 Å². The zero-order valence-corrected chi connectivity index (χ0v) is 10.4. The van der Waals surface area contributed by atoms with E-state index < -0.39 is 11.9 Å². The van der Waals surface area contributed by atoms with E-state index in [1.807, 2.05) is 6.92 Å². The molecule has 1 aliphatic heterocycles. The summed E-state index contributed by atoms with van der Waals surface area (Å²) >= 11 is 1.34. The number of hydrogen-bond acceptors (Lipinski definition) is 5. The van der Waals surface area contributed by atoms with Gasteiger partial charge in [0, 0.05) is 11.3 Å². The van der Waals surface area contributed by atoms with Crippen LogP contribution in [0, 0.1) is 6.92 Å². The maximum atomic E-state index is 12.1. The van der Waals surface area contributed by atoms with Gasteiger partial charge in [-0.25, -0.2) is 0 Å². The molecular weight excluding hydrogens is 256 g/mol.